The standard InChI is InChI=1S/C31H43NO6/c1-2-3-4-5-6-7-8-11-26-14-16-27(17-15-26)38-25-24-37-23-22-36-21-20-35-19-18-32-30(33)28-12-9-10-13-29(28)31(32)34/h9-10,12-17H,2-8,11,18-25H2,1H3. The van der Waals surface area contributed by atoms with Crippen LogP contribution in [0, 0.1) is 0 Å². The molecule has 1 heterocycles. The number of nitrogens with zero attached hydrogens (tertiary/aromatic N) is 1. The Morgan fingerprint density at radius 1 is 0.605 bits per heavy atom. The minimum Gasteiger partial charge on any atom is -0.491 e. The lowest BCUT2D eigenvalue weighted by molar-refractivity contribution is 0.00673. The molecule has 0 aliphatic carbocycles. The lowest BCUT2D eigenvalue weighted by atomic mass is 10.0. The van der Waals surface area contributed by atoms with E-state index >= 15 is 0 Å². The van der Waals surface area contributed by atoms with Crippen molar-refractivity contribution in [2.45, 2.75) is 58.3 Å². The summed E-state index contributed by atoms with van der Waals surface area (Å²) in [5.41, 5.74) is 2.28. The third-order valence-corrected chi connectivity index (χ3v) is 6.57. The summed E-state index contributed by atoms with van der Waals surface area (Å²) in [7, 11) is 0. The van der Waals surface area contributed by atoms with Crippen LogP contribution in [-0.4, -0.2) is 69.5 Å². The van der Waals surface area contributed by atoms with Gasteiger partial charge in [-0.1, -0.05) is 69.7 Å². The zero-order valence-corrected chi connectivity index (χ0v) is 22.8. The van der Waals surface area contributed by atoms with E-state index in [-0.39, 0.29) is 25.0 Å². The maximum absolute atomic E-state index is 12.3. The molecule has 0 N–H and O–H groups in total. The van der Waals surface area contributed by atoms with Gasteiger partial charge in [0.2, 0.25) is 0 Å². The van der Waals surface area contributed by atoms with E-state index < -0.39 is 0 Å². The fraction of sp³-hybridized carbons (Fsp3) is 0.548. The molecule has 0 aromatic heterocycles. The lowest BCUT2D eigenvalue weighted by Gasteiger charge is -2.13. The van der Waals surface area contributed by atoms with Gasteiger partial charge in [-0.15, -0.1) is 0 Å². The van der Waals surface area contributed by atoms with E-state index in [0.29, 0.717) is 50.8 Å². The van der Waals surface area contributed by atoms with Crippen molar-refractivity contribution in [2.75, 3.05) is 52.8 Å². The van der Waals surface area contributed by atoms with Crippen molar-refractivity contribution < 1.29 is 28.5 Å². The fourth-order valence-corrected chi connectivity index (χ4v) is 4.40. The van der Waals surface area contributed by atoms with Gasteiger partial charge in [0.1, 0.15) is 12.4 Å². The first-order valence-electron chi connectivity index (χ1n) is 14.1. The van der Waals surface area contributed by atoms with Crippen LogP contribution in [-0.2, 0) is 20.6 Å². The molecule has 0 radical (unpaired) electrons. The van der Waals surface area contributed by atoms with Gasteiger partial charge in [0, 0.05) is 0 Å². The highest BCUT2D eigenvalue weighted by Gasteiger charge is 2.34. The van der Waals surface area contributed by atoms with Gasteiger partial charge in [-0.3, -0.25) is 14.5 Å². The van der Waals surface area contributed by atoms with Gasteiger partial charge in [0.15, 0.2) is 0 Å². The van der Waals surface area contributed by atoms with Crippen molar-refractivity contribution in [3.8, 4) is 5.75 Å². The Morgan fingerprint density at radius 3 is 1.74 bits per heavy atom. The minimum atomic E-state index is -0.262. The number of benzene rings is 2. The first-order chi connectivity index (χ1) is 18.7. The maximum atomic E-state index is 12.3. The summed E-state index contributed by atoms with van der Waals surface area (Å²) < 4.78 is 22.3. The fourth-order valence-electron chi connectivity index (χ4n) is 4.40. The molecule has 2 aromatic rings. The summed E-state index contributed by atoms with van der Waals surface area (Å²) in [6.45, 7) is 5.53. The smallest absolute Gasteiger partial charge is 0.261 e. The van der Waals surface area contributed by atoms with E-state index in [1.54, 1.807) is 24.3 Å². The van der Waals surface area contributed by atoms with Gasteiger partial charge in [0.05, 0.1) is 57.3 Å². The molecule has 0 atom stereocenters. The molecular weight excluding hydrogens is 482 g/mol. The highest BCUT2D eigenvalue weighted by molar-refractivity contribution is 6.21. The van der Waals surface area contributed by atoms with E-state index in [2.05, 4.69) is 19.1 Å². The quantitative estimate of drug-likeness (QED) is 0.154. The lowest BCUT2D eigenvalue weighted by Crippen LogP contribution is -2.33. The molecule has 0 fully saturated rings. The highest BCUT2D eigenvalue weighted by atomic mass is 16.6. The number of imide groups is 1. The molecule has 1 aliphatic heterocycles. The summed E-state index contributed by atoms with van der Waals surface area (Å²) in [6, 6.07) is 15.2. The Kier molecular flexibility index (Phi) is 13.9. The zero-order valence-electron chi connectivity index (χ0n) is 22.8. The number of hydrogen-bond acceptors (Lipinski definition) is 6. The first-order valence-corrected chi connectivity index (χ1v) is 14.1. The van der Waals surface area contributed by atoms with Crippen molar-refractivity contribution in [3.05, 3.63) is 65.2 Å². The Labute approximate surface area is 227 Å². The van der Waals surface area contributed by atoms with Crippen LogP contribution in [0.25, 0.3) is 0 Å². The van der Waals surface area contributed by atoms with Crippen molar-refractivity contribution in [1.29, 1.82) is 0 Å². The predicted octanol–water partition coefficient (Wildman–Crippen LogP) is 5.70. The second-order valence-electron chi connectivity index (χ2n) is 9.51. The number of carbonyl (C=O) groups is 2. The zero-order chi connectivity index (χ0) is 26.8. The Balaban J connectivity index is 1.10. The Bertz CT molecular complexity index is 926. The largest absolute Gasteiger partial charge is 0.491 e. The van der Waals surface area contributed by atoms with Crippen LogP contribution in [0.1, 0.15) is 78.1 Å². The SMILES string of the molecule is CCCCCCCCCc1ccc(OCCOCCOCCOCCN2C(=O)c3ccccc3C2=O)cc1. The average molecular weight is 526 g/mol. The third kappa shape index (κ3) is 10.2. The van der Waals surface area contributed by atoms with Gasteiger partial charge < -0.3 is 18.9 Å². The predicted molar refractivity (Wildman–Crippen MR) is 148 cm³/mol. The highest BCUT2D eigenvalue weighted by Crippen LogP contribution is 2.22. The van der Waals surface area contributed by atoms with Crippen LogP contribution in [0.15, 0.2) is 48.5 Å². The summed E-state index contributed by atoms with van der Waals surface area (Å²) >= 11 is 0. The number of hydrogen-bond donors (Lipinski definition) is 0. The van der Waals surface area contributed by atoms with Crippen LogP contribution in [0.2, 0.25) is 0 Å². The van der Waals surface area contributed by atoms with Gasteiger partial charge in [-0.05, 0) is 42.7 Å². The van der Waals surface area contributed by atoms with E-state index in [9.17, 15) is 9.59 Å². The number of fused-ring (bicyclic) bond motifs is 1. The van der Waals surface area contributed by atoms with E-state index in [4.69, 9.17) is 18.9 Å². The van der Waals surface area contributed by atoms with Crippen LogP contribution >= 0.6 is 0 Å². The molecule has 0 saturated heterocycles. The van der Waals surface area contributed by atoms with Crippen molar-refractivity contribution in [1.82, 2.24) is 4.90 Å². The average Bonchev–Trinajstić information content (AvgIpc) is 3.18. The van der Waals surface area contributed by atoms with Gasteiger partial charge in [-0.2, -0.15) is 0 Å². The number of carbonyl (C=O) groups excluding carboxylic acids is 2. The maximum Gasteiger partial charge on any atom is 0.261 e. The monoisotopic (exact) mass is 525 g/mol. The molecule has 0 unspecified atom stereocenters. The molecule has 0 saturated carbocycles. The second kappa shape index (κ2) is 17.7. The Hall–Kier alpha value is -2.74. The minimum absolute atomic E-state index is 0.234. The number of unbranched alkanes of at least 4 members (excludes halogenated alkanes) is 6. The number of ether oxygens (including phenoxy) is 4. The molecule has 0 spiro atoms. The summed E-state index contributed by atoms with van der Waals surface area (Å²) in [5.74, 6) is 0.344. The molecule has 2 aromatic carbocycles. The van der Waals surface area contributed by atoms with Gasteiger partial charge >= 0.3 is 0 Å². The third-order valence-electron chi connectivity index (χ3n) is 6.57. The molecule has 208 valence electrons. The summed E-state index contributed by atoms with van der Waals surface area (Å²) in [5, 5.41) is 0. The van der Waals surface area contributed by atoms with Crippen LogP contribution in [0.3, 0.4) is 0 Å². The first kappa shape index (κ1) is 29.8. The second-order valence-corrected chi connectivity index (χ2v) is 9.51. The molecule has 2 amide bonds. The van der Waals surface area contributed by atoms with Crippen molar-refractivity contribution in [3.63, 3.8) is 0 Å². The van der Waals surface area contributed by atoms with Gasteiger partial charge in [-0.25, -0.2) is 0 Å². The molecule has 0 bridgehead atoms. The molecule has 1 aliphatic rings. The van der Waals surface area contributed by atoms with Crippen LogP contribution in [0.4, 0.5) is 0 Å². The molecule has 3 rings (SSSR count). The van der Waals surface area contributed by atoms with Crippen LogP contribution < -0.4 is 4.74 Å². The van der Waals surface area contributed by atoms with E-state index in [1.807, 2.05) is 12.1 Å². The Morgan fingerprint density at radius 2 is 1.13 bits per heavy atom. The molecule has 7 heteroatoms. The summed E-state index contributed by atoms with van der Waals surface area (Å²) in [6.07, 6.45) is 10.5. The number of amides is 2. The van der Waals surface area contributed by atoms with Crippen LogP contribution in [0.5, 0.6) is 5.75 Å². The van der Waals surface area contributed by atoms with Crippen molar-refractivity contribution >= 4 is 11.8 Å². The molecular formula is C31H43NO6. The van der Waals surface area contributed by atoms with Crippen molar-refractivity contribution in [2.24, 2.45) is 0 Å². The van der Waals surface area contributed by atoms with E-state index in [0.717, 1.165) is 12.2 Å². The molecule has 7 nitrogen and oxygen atoms in total. The number of rotatable bonds is 21. The molecule has 38 heavy (non-hydrogen) atoms. The van der Waals surface area contributed by atoms with Gasteiger partial charge in [0.25, 0.3) is 11.8 Å². The van der Waals surface area contributed by atoms with E-state index in [1.165, 1.54) is 55.4 Å². The topological polar surface area (TPSA) is 74.3 Å². The summed E-state index contributed by atoms with van der Waals surface area (Å²) in [4.78, 5) is 25.8. The normalized spacial score (nSPS) is 12.8. The number of aryl methyl sites for hydroxylation is 1.